The highest BCUT2D eigenvalue weighted by Crippen LogP contribution is 2.32. The third kappa shape index (κ3) is 2.46. The molecule has 1 amide bonds. The minimum atomic E-state index is -1.00. The average Bonchev–Trinajstić information content (AvgIpc) is 2.38. The number of anilines is 1. The van der Waals surface area contributed by atoms with Crippen LogP contribution < -0.4 is 5.73 Å². The molecule has 2 rings (SSSR count). The molecular weight excluding hydrogens is 252 g/mol. The van der Waals surface area contributed by atoms with E-state index < -0.39 is 11.0 Å². The molecule has 3 N–H and O–H groups in total. The number of nitrogens with zero attached hydrogens (tertiary/aromatic N) is 3. The molecule has 1 aromatic heterocycles. The van der Waals surface area contributed by atoms with Gasteiger partial charge in [-0.15, -0.1) is 0 Å². The molecule has 0 aromatic carbocycles. The van der Waals surface area contributed by atoms with Crippen LogP contribution in [0, 0.1) is 10.1 Å². The Morgan fingerprint density at radius 2 is 2.32 bits per heavy atom. The summed E-state index contributed by atoms with van der Waals surface area (Å²) in [6.07, 6.45) is 2.48. The first kappa shape index (κ1) is 12.8. The van der Waals surface area contributed by atoms with Gasteiger partial charge < -0.3 is 15.7 Å². The van der Waals surface area contributed by atoms with Gasteiger partial charge in [0.25, 0.3) is 0 Å². The largest absolute Gasteiger partial charge is 0.465 e. The van der Waals surface area contributed by atoms with E-state index in [1.165, 1.54) is 17.2 Å². The molecule has 1 aromatic rings. The Morgan fingerprint density at radius 3 is 2.84 bits per heavy atom. The van der Waals surface area contributed by atoms with Gasteiger partial charge in [0.05, 0.1) is 10.5 Å². The van der Waals surface area contributed by atoms with E-state index in [1.54, 1.807) is 6.08 Å². The third-order valence-corrected chi connectivity index (χ3v) is 2.96. The number of amides is 1. The molecule has 0 saturated carbocycles. The lowest BCUT2D eigenvalue weighted by Gasteiger charge is -2.23. The van der Waals surface area contributed by atoms with Crippen LogP contribution in [0.4, 0.5) is 16.3 Å². The maximum atomic E-state index is 11.0. The van der Waals surface area contributed by atoms with Crippen LogP contribution in [0.5, 0.6) is 0 Å². The zero-order chi connectivity index (χ0) is 14.0. The van der Waals surface area contributed by atoms with Crippen LogP contribution in [0.3, 0.4) is 0 Å². The summed E-state index contributed by atoms with van der Waals surface area (Å²) in [5, 5.41) is 19.9. The van der Waals surface area contributed by atoms with E-state index in [-0.39, 0.29) is 18.1 Å². The molecule has 19 heavy (non-hydrogen) atoms. The first-order valence-electron chi connectivity index (χ1n) is 5.57. The Bertz CT molecular complexity index is 570. The predicted molar refractivity (Wildman–Crippen MR) is 67.5 cm³/mol. The van der Waals surface area contributed by atoms with Crippen molar-refractivity contribution in [1.82, 2.24) is 9.88 Å². The van der Waals surface area contributed by atoms with E-state index in [9.17, 15) is 14.9 Å². The highest BCUT2D eigenvalue weighted by Gasteiger charge is 2.24. The fourth-order valence-corrected chi connectivity index (χ4v) is 2.01. The summed E-state index contributed by atoms with van der Waals surface area (Å²) >= 11 is 0. The van der Waals surface area contributed by atoms with Crippen LogP contribution in [0.1, 0.15) is 12.0 Å². The van der Waals surface area contributed by atoms with Gasteiger partial charge in [-0.2, -0.15) is 0 Å². The van der Waals surface area contributed by atoms with E-state index in [0.717, 1.165) is 5.57 Å². The van der Waals surface area contributed by atoms with Crippen molar-refractivity contribution in [3.63, 3.8) is 0 Å². The molecule has 8 heteroatoms. The summed E-state index contributed by atoms with van der Waals surface area (Å²) in [7, 11) is 0. The van der Waals surface area contributed by atoms with E-state index in [4.69, 9.17) is 10.8 Å². The van der Waals surface area contributed by atoms with Crippen LogP contribution >= 0.6 is 0 Å². The number of carbonyl (C=O) groups is 1. The van der Waals surface area contributed by atoms with Gasteiger partial charge in [-0.1, -0.05) is 6.08 Å². The van der Waals surface area contributed by atoms with Crippen molar-refractivity contribution in [2.45, 2.75) is 6.42 Å². The SMILES string of the molecule is Nc1nccc(C2=CCN(C(=O)O)CC2)c1[N+](=O)[O-]. The van der Waals surface area contributed by atoms with Gasteiger partial charge in [0, 0.05) is 19.3 Å². The van der Waals surface area contributed by atoms with Crippen molar-refractivity contribution in [3.8, 4) is 0 Å². The van der Waals surface area contributed by atoms with Crippen LogP contribution in [0.25, 0.3) is 5.57 Å². The molecular formula is C11H12N4O4. The zero-order valence-electron chi connectivity index (χ0n) is 9.94. The molecule has 0 saturated heterocycles. The van der Waals surface area contributed by atoms with E-state index in [2.05, 4.69) is 4.98 Å². The normalized spacial score (nSPS) is 14.9. The van der Waals surface area contributed by atoms with Gasteiger partial charge in [0.2, 0.25) is 5.82 Å². The van der Waals surface area contributed by atoms with Gasteiger partial charge in [0.15, 0.2) is 0 Å². The first-order valence-corrected chi connectivity index (χ1v) is 5.57. The second-order valence-corrected chi connectivity index (χ2v) is 4.06. The minimum Gasteiger partial charge on any atom is -0.465 e. The molecule has 0 radical (unpaired) electrons. The van der Waals surface area contributed by atoms with Gasteiger partial charge in [-0.05, 0) is 18.1 Å². The maximum Gasteiger partial charge on any atom is 0.407 e. The molecule has 1 aliphatic rings. The van der Waals surface area contributed by atoms with Gasteiger partial charge >= 0.3 is 11.8 Å². The topological polar surface area (TPSA) is 123 Å². The highest BCUT2D eigenvalue weighted by molar-refractivity contribution is 5.79. The summed E-state index contributed by atoms with van der Waals surface area (Å²) in [6, 6.07) is 1.52. The van der Waals surface area contributed by atoms with E-state index in [1.807, 2.05) is 0 Å². The second-order valence-electron chi connectivity index (χ2n) is 4.06. The van der Waals surface area contributed by atoms with Crippen LogP contribution in [0.2, 0.25) is 0 Å². The number of nitrogens with two attached hydrogens (primary N) is 1. The number of hydrogen-bond acceptors (Lipinski definition) is 5. The van der Waals surface area contributed by atoms with Crippen LogP contribution in [-0.2, 0) is 0 Å². The lowest BCUT2D eigenvalue weighted by atomic mass is 9.99. The number of nitrogen functional groups attached to an aromatic ring is 1. The third-order valence-electron chi connectivity index (χ3n) is 2.96. The summed E-state index contributed by atoms with van der Waals surface area (Å²) in [5.41, 5.74) is 6.42. The monoisotopic (exact) mass is 264 g/mol. The van der Waals surface area contributed by atoms with Crippen molar-refractivity contribution >= 4 is 23.2 Å². The molecule has 8 nitrogen and oxygen atoms in total. The Hall–Kier alpha value is -2.64. The lowest BCUT2D eigenvalue weighted by Crippen LogP contribution is -2.33. The first-order chi connectivity index (χ1) is 9.00. The van der Waals surface area contributed by atoms with Gasteiger partial charge in [-0.3, -0.25) is 10.1 Å². The molecule has 1 aliphatic heterocycles. The van der Waals surface area contributed by atoms with Crippen molar-refractivity contribution in [2.24, 2.45) is 0 Å². The molecule has 2 heterocycles. The average molecular weight is 264 g/mol. The number of pyridine rings is 1. The number of nitro groups is 1. The molecule has 0 unspecified atom stereocenters. The number of aromatic nitrogens is 1. The Kier molecular flexibility index (Phi) is 3.32. The number of hydrogen-bond donors (Lipinski definition) is 2. The molecule has 100 valence electrons. The minimum absolute atomic E-state index is 0.135. The highest BCUT2D eigenvalue weighted by atomic mass is 16.6. The van der Waals surface area contributed by atoms with Crippen LogP contribution in [0.15, 0.2) is 18.3 Å². The van der Waals surface area contributed by atoms with Crippen molar-refractivity contribution in [2.75, 3.05) is 18.8 Å². The Balaban J connectivity index is 2.36. The molecule has 0 fully saturated rings. The lowest BCUT2D eigenvalue weighted by molar-refractivity contribution is -0.384. The van der Waals surface area contributed by atoms with Gasteiger partial charge in [0.1, 0.15) is 0 Å². The predicted octanol–water partition coefficient (Wildman–Crippen LogP) is 1.34. The fourth-order valence-electron chi connectivity index (χ4n) is 2.01. The van der Waals surface area contributed by atoms with Gasteiger partial charge in [-0.25, -0.2) is 9.78 Å². The summed E-state index contributed by atoms with van der Waals surface area (Å²) in [5.74, 6) is -0.135. The summed E-state index contributed by atoms with van der Waals surface area (Å²) in [4.78, 5) is 26.2. The summed E-state index contributed by atoms with van der Waals surface area (Å²) in [6.45, 7) is 0.518. The van der Waals surface area contributed by atoms with E-state index >= 15 is 0 Å². The molecule has 0 spiro atoms. The van der Waals surface area contributed by atoms with Crippen molar-refractivity contribution in [1.29, 1.82) is 0 Å². The zero-order valence-corrected chi connectivity index (χ0v) is 9.94. The summed E-state index contributed by atoms with van der Waals surface area (Å²) < 4.78 is 0. The number of rotatable bonds is 2. The fraction of sp³-hybridized carbons (Fsp3) is 0.273. The maximum absolute atomic E-state index is 11.0. The molecule has 0 atom stereocenters. The Labute approximate surface area is 108 Å². The van der Waals surface area contributed by atoms with Crippen LogP contribution in [-0.4, -0.2) is 39.1 Å². The second kappa shape index (κ2) is 4.92. The van der Waals surface area contributed by atoms with Crippen molar-refractivity contribution in [3.05, 3.63) is 34.0 Å². The molecule has 0 aliphatic carbocycles. The molecule has 0 bridgehead atoms. The number of carboxylic acid groups (broad SMARTS) is 1. The standard InChI is InChI=1S/C11H12N4O4/c12-10-9(15(18)19)8(1-4-13-10)7-2-5-14(6-3-7)11(16)17/h1-2,4H,3,5-6H2,(H2,12,13)(H,16,17). The Morgan fingerprint density at radius 1 is 1.58 bits per heavy atom. The quantitative estimate of drug-likeness (QED) is 0.613. The van der Waals surface area contributed by atoms with Crippen molar-refractivity contribution < 1.29 is 14.8 Å². The smallest absolute Gasteiger partial charge is 0.407 e. The van der Waals surface area contributed by atoms with E-state index in [0.29, 0.717) is 18.5 Å².